The van der Waals surface area contributed by atoms with E-state index >= 15 is 0 Å². The fourth-order valence-electron chi connectivity index (χ4n) is 2.37. The highest BCUT2D eigenvalue weighted by Gasteiger charge is 2.11. The van der Waals surface area contributed by atoms with Gasteiger partial charge in [-0.3, -0.25) is 9.59 Å². The zero-order valence-corrected chi connectivity index (χ0v) is 14.1. The lowest BCUT2D eigenvalue weighted by Gasteiger charge is -2.04. The number of hydrogen-bond donors (Lipinski definition) is 2. The van der Waals surface area contributed by atoms with Gasteiger partial charge in [-0.1, -0.05) is 17.7 Å². The summed E-state index contributed by atoms with van der Waals surface area (Å²) in [7, 11) is 0. The van der Waals surface area contributed by atoms with E-state index in [-0.39, 0.29) is 18.7 Å². The van der Waals surface area contributed by atoms with E-state index in [0.29, 0.717) is 17.5 Å². The Morgan fingerprint density at radius 2 is 1.69 bits per heavy atom. The Labute approximate surface area is 149 Å². The molecule has 0 spiro atoms. The fourth-order valence-corrected chi connectivity index (χ4v) is 2.37. The molecule has 1 heterocycles. The lowest BCUT2D eigenvalue weighted by atomic mass is 10.1. The summed E-state index contributed by atoms with van der Waals surface area (Å²) in [5.41, 5.74) is 3.25. The Hall–Kier alpha value is -3.48. The highest BCUT2D eigenvalue weighted by molar-refractivity contribution is 5.92. The first-order valence-corrected chi connectivity index (χ1v) is 8.04. The molecule has 2 aromatic carbocycles. The Balaban J connectivity index is 1.69. The van der Waals surface area contributed by atoms with Crippen LogP contribution in [-0.2, 0) is 9.59 Å². The third kappa shape index (κ3) is 4.32. The summed E-state index contributed by atoms with van der Waals surface area (Å²) in [5.74, 6) is -0.531. The number of anilines is 1. The minimum atomic E-state index is -1.00. The van der Waals surface area contributed by atoms with Gasteiger partial charge in [-0.15, -0.1) is 10.2 Å². The van der Waals surface area contributed by atoms with Crippen LogP contribution in [0.2, 0.25) is 0 Å². The van der Waals surface area contributed by atoms with Crippen LogP contribution in [0, 0.1) is 6.92 Å². The summed E-state index contributed by atoms with van der Waals surface area (Å²) in [4.78, 5) is 22.1. The fraction of sp³-hybridized carbons (Fsp3) is 0.158. The molecule has 0 aliphatic heterocycles. The van der Waals surface area contributed by atoms with E-state index in [1.165, 1.54) is 0 Å². The first-order chi connectivity index (χ1) is 12.5. The second-order valence-corrected chi connectivity index (χ2v) is 5.80. The number of amides is 1. The van der Waals surface area contributed by atoms with Crippen molar-refractivity contribution in [2.45, 2.75) is 19.8 Å². The average Bonchev–Trinajstić information content (AvgIpc) is 3.11. The third-order valence-corrected chi connectivity index (χ3v) is 3.67. The predicted molar refractivity (Wildman–Crippen MR) is 95.4 cm³/mol. The number of hydrogen-bond acceptors (Lipinski definition) is 5. The maximum Gasteiger partial charge on any atom is 0.303 e. The molecule has 0 bridgehead atoms. The number of aromatic nitrogens is 2. The van der Waals surface area contributed by atoms with Crippen LogP contribution in [0.15, 0.2) is 52.9 Å². The lowest BCUT2D eigenvalue weighted by Crippen LogP contribution is -2.13. The Morgan fingerprint density at radius 1 is 1.00 bits per heavy atom. The number of nitrogens with zero attached hydrogens (tertiary/aromatic N) is 2. The van der Waals surface area contributed by atoms with E-state index in [2.05, 4.69) is 15.5 Å². The topological polar surface area (TPSA) is 105 Å². The first-order valence-electron chi connectivity index (χ1n) is 8.04. The van der Waals surface area contributed by atoms with Gasteiger partial charge in [0.1, 0.15) is 0 Å². The summed E-state index contributed by atoms with van der Waals surface area (Å²) >= 11 is 0. The van der Waals surface area contributed by atoms with E-state index in [9.17, 15) is 9.59 Å². The van der Waals surface area contributed by atoms with Crippen molar-refractivity contribution in [3.8, 4) is 22.9 Å². The molecule has 0 atom stereocenters. The van der Waals surface area contributed by atoms with E-state index in [4.69, 9.17) is 9.52 Å². The van der Waals surface area contributed by atoms with Crippen LogP contribution in [0.5, 0.6) is 0 Å². The van der Waals surface area contributed by atoms with E-state index in [1.807, 2.05) is 31.2 Å². The number of benzene rings is 2. The normalized spacial score (nSPS) is 10.5. The molecule has 3 aromatic rings. The van der Waals surface area contributed by atoms with E-state index < -0.39 is 5.97 Å². The minimum Gasteiger partial charge on any atom is -0.481 e. The summed E-state index contributed by atoms with van der Waals surface area (Å²) in [6.07, 6.45) is -0.270. The van der Waals surface area contributed by atoms with Crippen LogP contribution in [0.3, 0.4) is 0 Å². The maximum atomic E-state index is 11.6. The minimum absolute atomic E-state index is 0.0689. The highest BCUT2D eigenvalue weighted by Crippen LogP contribution is 2.25. The second kappa shape index (κ2) is 7.60. The molecule has 7 nitrogen and oxygen atoms in total. The van der Waals surface area contributed by atoms with Crippen LogP contribution >= 0.6 is 0 Å². The van der Waals surface area contributed by atoms with Gasteiger partial charge in [0.05, 0.1) is 6.42 Å². The van der Waals surface area contributed by atoms with Gasteiger partial charge in [0.15, 0.2) is 0 Å². The zero-order valence-electron chi connectivity index (χ0n) is 14.1. The zero-order chi connectivity index (χ0) is 18.5. The smallest absolute Gasteiger partial charge is 0.303 e. The Kier molecular flexibility index (Phi) is 5.07. The second-order valence-electron chi connectivity index (χ2n) is 5.80. The molecule has 0 saturated carbocycles. The quantitative estimate of drug-likeness (QED) is 0.704. The number of aliphatic carboxylic acids is 1. The summed E-state index contributed by atoms with van der Waals surface area (Å²) < 4.78 is 5.72. The predicted octanol–water partition coefficient (Wildman–Crippen LogP) is 3.52. The molecular formula is C19H17N3O4. The molecule has 1 aromatic heterocycles. The molecule has 0 radical (unpaired) electrons. The Morgan fingerprint density at radius 3 is 2.35 bits per heavy atom. The van der Waals surface area contributed by atoms with Crippen LogP contribution in [-0.4, -0.2) is 27.2 Å². The van der Waals surface area contributed by atoms with E-state index in [1.54, 1.807) is 24.3 Å². The number of carboxylic acids is 1. The van der Waals surface area contributed by atoms with Gasteiger partial charge in [0.25, 0.3) is 0 Å². The van der Waals surface area contributed by atoms with Gasteiger partial charge in [-0.2, -0.15) is 0 Å². The van der Waals surface area contributed by atoms with Crippen molar-refractivity contribution in [2.75, 3.05) is 5.32 Å². The summed E-state index contributed by atoms with van der Waals surface area (Å²) in [6, 6.07) is 14.7. The molecule has 0 fully saturated rings. The van der Waals surface area contributed by atoms with Gasteiger partial charge in [0.2, 0.25) is 17.7 Å². The molecule has 132 valence electrons. The van der Waals surface area contributed by atoms with Crippen molar-refractivity contribution in [1.29, 1.82) is 0 Å². The number of rotatable bonds is 6. The highest BCUT2D eigenvalue weighted by atomic mass is 16.4. The number of aryl methyl sites for hydroxylation is 1. The number of carbonyl (C=O) groups is 2. The molecule has 3 rings (SSSR count). The SMILES string of the molecule is Cc1cccc(-c2nnc(-c3ccc(NC(=O)CCC(=O)O)cc3)o2)c1. The average molecular weight is 351 g/mol. The summed E-state index contributed by atoms with van der Waals surface area (Å²) in [5, 5.41) is 19.4. The molecule has 7 heteroatoms. The van der Waals surface area contributed by atoms with Crippen molar-refractivity contribution in [1.82, 2.24) is 10.2 Å². The molecule has 0 unspecified atom stereocenters. The molecule has 0 aliphatic carbocycles. The van der Waals surface area contributed by atoms with E-state index in [0.717, 1.165) is 16.7 Å². The van der Waals surface area contributed by atoms with Crippen LogP contribution in [0.1, 0.15) is 18.4 Å². The molecule has 0 saturated heterocycles. The van der Waals surface area contributed by atoms with Crippen molar-refractivity contribution in [2.24, 2.45) is 0 Å². The van der Waals surface area contributed by atoms with Crippen molar-refractivity contribution in [3.05, 3.63) is 54.1 Å². The van der Waals surface area contributed by atoms with Gasteiger partial charge >= 0.3 is 5.97 Å². The molecular weight excluding hydrogens is 334 g/mol. The van der Waals surface area contributed by atoms with Crippen molar-refractivity contribution < 1.29 is 19.1 Å². The maximum absolute atomic E-state index is 11.6. The first kappa shape index (κ1) is 17.3. The Bertz CT molecular complexity index is 932. The molecule has 0 aliphatic rings. The van der Waals surface area contributed by atoms with Gasteiger partial charge in [-0.05, 0) is 43.3 Å². The molecule has 26 heavy (non-hydrogen) atoms. The van der Waals surface area contributed by atoms with Gasteiger partial charge < -0.3 is 14.8 Å². The third-order valence-electron chi connectivity index (χ3n) is 3.67. The standard InChI is InChI=1S/C19H17N3O4/c1-12-3-2-4-14(11-12)19-22-21-18(26-19)13-5-7-15(8-6-13)20-16(23)9-10-17(24)25/h2-8,11H,9-10H2,1H3,(H,20,23)(H,24,25). The van der Waals surface area contributed by atoms with Crippen LogP contribution in [0.25, 0.3) is 22.9 Å². The lowest BCUT2D eigenvalue weighted by molar-refractivity contribution is -0.138. The summed E-state index contributed by atoms with van der Waals surface area (Å²) in [6.45, 7) is 1.99. The monoisotopic (exact) mass is 351 g/mol. The largest absolute Gasteiger partial charge is 0.481 e. The van der Waals surface area contributed by atoms with Gasteiger partial charge in [-0.25, -0.2) is 0 Å². The number of carboxylic acid groups (broad SMARTS) is 1. The molecule has 1 amide bonds. The molecule has 2 N–H and O–H groups in total. The van der Waals surface area contributed by atoms with Crippen LogP contribution in [0.4, 0.5) is 5.69 Å². The number of carbonyl (C=O) groups excluding carboxylic acids is 1. The van der Waals surface area contributed by atoms with Crippen LogP contribution < -0.4 is 5.32 Å². The van der Waals surface area contributed by atoms with Crippen molar-refractivity contribution >= 4 is 17.6 Å². The van der Waals surface area contributed by atoms with Crippen molar-refractivity contribution in [3.63, 3.8) is 0 Å². The number of nitrogens with one attached hydrogen (secondary N) is 1. The van der Waals surface area contributed by atoms with Gasteiger partial charge in [0, 0.05) is 23.2 Å².